The molecule has 0 aromatic rings. The maximum Gasteiger partial charge on any atom is 2.00 e. The van der Waals surface area contributed by atoms with Crippen molar-refractivity contribution >= 4 is 0 Å². The van der Waals surface area contributed by atoms with Gasteiger partial charge in [-0.1, -0.05) is 91.9 Å². The first-order valence-corrected chi connectivity index (χ1v) is 20.2. The summed E-state index contributed by atoms with van der Waals surface area (Å²) in [5.41, 5.74) is 1.15. The van der Waals surface area contributed by atoms with E-state index in [9.17, 15) is 0 Å². The second-order valence-electron chi connectivity index (χ2n) is 14.6. The Kier molecular flexibility index (Phi) is 40.0. The number of fused-ring (bicyclic) bond motifs is 4. The van der Waals surface area contributed by atoms with E-state index >= 15 is 0 Å². The van der Waals surface area contributed by atoms with Gasteiger partial charge in [0.2, 0.25) is 0 Å². The van der Waals surface area contributed by atoms with Gasteiger partial charge in [-0.15, -0.1) is 6.54 Å². The molecule has 4 nitrogen and oxygen atoms in total. The standard InChI is InChI=1S/C24H42NO2.2C5H10.C3H7O.2C2H6.2Fe.W/c1-2-25(13-3-15-26-19-23-9-5-21(17-23)6-10-23)14-4-16-27-20-24-11-7-22(18-24)8-12-24;2*1-2-4-5-3-1;1-2-3-4;2*1-2;;;/h21-22H,1-20H2;2*1-5H2;4H,1-3H2;2*1-2H3;;;/q-1;;;-1;;;;;+2. The van der Waals surface area contributed by atoms with Gasteiger partial charge in [0, 0.05) is 54.0 Å². The molecule has 0 aromatic carbocycles. The minimum atomic E-state index is 0. The quantitative estimate of drug-likeness (QED) is 0.107. The van der Waals surface area contributed by atoms with E-state index in [1.165, 1.54) is 128 Å². The first kappa shape index (κ1) is 53.9. The molecule has 0 aromatic heterocycles. The predicted octanol–water partition coefficient (Wildman–Crippen LogP) is 11.2. The molecular formula is C41H81Fe2NO3W. The summed E-state index contributed by atoms with van der Waals surface area (Å²) in [5.74, 6) is 2.06. The van der Waals surface area contributed by atoms with Gasteiger partial charge in [-0.3, -0.25) is 0 Å². The summed E-state index contributed by atoms with van der Waals surface area (Å²) < 4.78 is 12.2. The maximum atomic E-state index is 7.81. The van der Waals surface area contributed by atoms with E-state index in [2.05, 4.69) is 18.7 Å². The van der Waals surface area contributed by atoms with Gasteiger partial charge in [-0.25, -0.2) is 0 Å². The van der Waals surface area contributed by atoms with Crippen LogP contribution < -0.4 is 0 Å². The number of aliphatic hydroxyl groups excluding tert-OH is 1. The van der Waals surface area contributed by atoms with Crippen LogP contribution in [0.1, 0.15) is 175 Å². The molecule has 7 heteroatoms. The maximum absolute atomic E-state index is 7.81. The van der Waals surface area contributed by atoms with Crippen molar-refractivity contribution in [3.8, 4) is 0 Å². The molecule has 6 aliphatic carbocycles. The molecule has 0 radical (unpaired) electrons. The van der Waals surface area contributed by atoms with Gasteiger partial charge >= 0.3 is 21.1 Å². The van der Waals surface area contributed by atoms with Gasteiger partial charge in [0.15, 0.2) is 0 Å². The minimum Gasteiger partial charge on any atom is -0.399 e. The normalized spacial score (nSPS) is 26.8. The van der Waals surface area contributed by atoms with Gasteiger partial charge in [0.05, 0.1) is 13.2 Å². The number of nitrogens with zero attached hydrogens (tertiary/aromatic N) is 1. The Balaban J connectivity index is -0.000000798. The van der Waals surface area contributed by atoms with Gasteiger partial charge in [0.25, 0.3) is 0 Å². The third-order valence-electron chi connectivity index (χ3n) is 11.1. The van der Waals surface area contributed by atoms with Crippen LogP contribution in [0.25, 0.3) is 0 Å². The Labute approximate surface area is 337 Å². The second kappa shape index (κ2) is 35.6. The molecule has 0 unspecified atom stereocenters. The van der Waals surface area contributed by atoms with Crippen LogP contribution in [0.4, 0.5) is 0 Å². The van der Waals surface area contributed by atoms with Crippen molar-refractivity contribution in [3.05, 3.63) is 13.8 Å². The van der Waals surface area contributed by atoms with E-state index in [-0.39, 0.29) is 61.8 Å². The van der Waals surface area contributed by atoms with Crippen LogP contribution in [0.3, 0.4) is 0 Å². The fourth-order valence-corrected chi connectivity index (χ4v) is 8.49. The van der Waals surface area contributed by atoms with Crippen LogP contribution in [-0.2, 0) is 64.7 Å². The van der Waals surface area contributed by atoms with Crippen LogP contribution in [0.2, 0.25) is 0 Å². The molecule has 0 spiro atoms. The van der Waals surface area contributed by atoms with Crippen molar-refractivity contribution in [1.29, 1.82) is 0 Å². The Bertz CT molecular complexity index is 568. The minimum absolute atomic E-state index is 0. The van der Waals surface area contributed by atoms with Crippen molar-refractivity contribution in [3.63, 3.8) is 0 Å². The number of hydrogen-bond acceptors (Lipinski definition) is 4. The first-order chi connectivity index (χ1) is 22.1. The fourth-order valence-electron chi connectivity index (χ4n) is 8.49. The summed E-state index contributed by atoms with van der Waals surface area (Å²) in [6.45, 7) is 22.7. The molecule has 4 bridgehead atoms. The molecule has 0 atom stereocenters. The zero-order valence-corrected chi connectivity index (χ0v) is 37.5. The van der Waals surface area contributed by atoms with Gasteiger partial charge in [-0.05, 0) is 113 Å². The zero-order valence-electron chi connectivity index (χ0n) is 32.3. The number of ether oxygens (including phenoxy) is 2. The average Bonchev–Trinajstić information content (AvgIpc) is 3.96. The summed E-state index contributed by atoms with van der Waals surface area (Å²) in [6, 6.07) is 0. The Morgan fingerprint density at radius 3 is 1.10 bits per heavy atom. The molecule has 6 rings (SSSR count). The molecule has 0 saturated heterocycles. The summed E-state index contributed by atoms with van der Waals surface area (Å²) in [6.07, 6.45) is 32.3. The van der Waals surface area contributed by atoms with Gasteiger partial charge in [0.1, 0.15) is 0 Å². The number of hydrogen-bond donors (Lipinski definition) is 1. The molecule has 0 aliphatic heterocycles. The molecule has 0 heterocycles. The Morgan fingerprint density at radius 2 is 0.896 bits per heavy atom. The predicted molar refractivity (Wildman–Crippen MR) is 197 cm³/mol. The Morgan fingerprint density at radius 1 is 0.604 bits per heavy atom. The van der Waals surface area contributed by atoms with E-state index in [4.69, 9.17) is 14.6 Å². The molecule has 290 valence electrons. The van der Waals surface area contributed by atoms with Crippen LogP contribution in [-0.4, -0.2) is 62.7 Å². The van der Waals surface area contributed by atoms with E-state index in [1.54, 1.807) is 0 Å². The van der Waals surface area contributed by atoms with E-state index < -0.39 is 0 Å². The summed E-state index contributed by atoms with van der Waals surface area (Å²) in [7, 11) is 0. The third-order valence-corrected chi connectivity index (χ3v) is 11.1. The summed E-state index contributed by atoms with van der Waals surface area (Å²) in [5, 5.41) is 7.81. The smallest absolute Gasteiger partial charge is 0.399 e. The van der Waals surface area contributed by atoms with Crippen molar-refractivity contribution in [1.82, 2.24) is 4.90 Å². The van der Waals surface area contributed by atoms with Crippen molar-refractivity contribution in [2.24, 2.45) is 22.7 Å². The van der Waals surface area contributed by atoms with Crippen LogP contribution in [0.15, 0.2) is 0 Å². The molecule has 6 fully saturated rings. The first-order valence-electron chi connectivity index (χ1n) is 20.2. The monoisotopic (exact) mass is 931 g/mol. The van der Waals surface area contributed by atoms with E-state index in [0.717, 1.165) is 70.7 Å². The topological polar surface area (TPSA) is 41.9 Å². The van der Waals surface area contributed by atoms with Gasteiger partial charge < -0.3 is 33.3 Å². The van der Waals surface area contributed by atoms with Crippen molar-refractivity contribution in [2.75, 3.05) is 52.7 Å². The second-order valence-corrected chi connectivity index (χ2v) is 14.6. The molecule has 0 amide bonds. The number of aliphatic hydroxyl groups is 1. The van der Waals surface area contributed by atoms with Crippen molar-refractivity contribution in [2.45, 2.75) is 175 Å². The molecule has 1 N–H and O–H groups in total. The van der Waals surface area contributed by atoms with E-state index in [1.807, 2.05) is 27.7 Å². The van der Waals surface area contributed by atoms with Crippen LogP contribution >= 0.6 is 0 Å². The molecule has 48 heavy (non-hydrogen) atoms. The fraction of sp³-hybridized carbons (Fsp3) is 0.951. The van der Waals surface area contributed by atoms with E-state index in [0.29, 0.717) is 17.3 Å². The zero-order chi connectivity index (χ0) is 33.1. The molecular weight excluding hydrogens is 850 g/mol. The largest absolute Gasteiger partial charge is 2.00 e. The molecule has 6 saturated carbocycles. The van der Waals surface area contributed by atoms with Crippen LogP contribution in [0, 0.1) is 36.5 Å². The Hall–Kier alpha value is 1.57. The van der Waals surface area contributed by atoms with Gasteiger partial charge in [-0.2, -0.15) is 6.42 Å². The van der Waals surface area contributed by atoms with Crippen molar-refractivity contribution < 1.29 is 69.8 Å². The summed E-state index contributed by atoms with van der Waals surface area (Å²) in [4.78, 5) is 2.46. The average molecular weight is 932 g/mol. The third kappa shape index (κ3) is 23.3. The number of rotatable bonds is 14. The molecule has 6 aliphatic rings. The SMILES string of the molecule is C1CCCC1.C1CCCC1.CC.CC.[CH2-]CCO.[CH2-]CN(CCCOCC12CCC(CC1)C2)CCCOCC12CCC(CC1)C2.[Fe].[Fe].[W+2]. The van der Waals surface area contributed by atoms with Crippen LogP contribution in [0.5, 0.6) is 0 Å². The summed E-state index contributed by atoms with van der Waals surface area (Å²) >= 11 is 0.